The van der Waals surface area contributed by atoms with Gasteiger partial charge in [0.05, 0.1) is 4.53 Å². The van der Waals surface area contributed by atoms with E-state index < -0.39 is 5.92 Å². The van der Waals surface area contributed by atoms with Gasteiger partial charge < -0.3 is 11.5 Å². The van der Waals surface area contributed by atoms with Gasteiger partial charge in [0.2, 0.25) is 0 Å². The molecule has 35 heavy (non-hydrogen) atoms. The molecule has 5 rings (SSSR count). The largest absolute Gasteiger partial charge is 0.390 e. The zero-order valence-electron chi connectivity index (χ0n) is 18.5. The van der Waals surface area contributed by atoms with Gasteiger partial charge in [-0.05, 0) is 17.2 Å². The van der Waals surface area contributed by atoms with Gasteiger partial charge >= 0.3 is 0 Å². The standard InChI is InChI=1S/C28H21N3O2S2/c29-25-23(26(30)34)21(18-12-6-2-7-13-18)22(24(32)19-14-8-3-9-15-19)28-31(25)27(33)20(35-28)16-17-10-4-1-5-11-17/h1-16,21H,29H2,(H2,30,34)/b20-16+/t21-/m1/s1. The average Bonchev–Trinajstić information content (AvgIpc) is 3.20. The summed E-state index contributed by atoms with van der Waals surface area (Å²) in [7, 11) is 0. The summed E-state index contributed by atoms with van der Waals surface area (Å²) >= 11 is 6.65. The molecule has 1 aromatic heterocycles. The van der Waals surface area contributed by atoms with Crippen molar-refractivity contribution in [2.75, 3.05) is 0 Å². The fourth-order valence-electron chi connectivity index (χ4n) is 4.34. The summed E-state index contributed by atoms with van der Waals surface area (Å²) in [6, 6.07) is 28.0. The molecule has 0 unspecified atom stereocenters. The van der Waals surface area contributed by atoms with Crippen LogP contribution in [0, 0.1) is 0 Å². The number of hydrogen-bond donors (Lipinski definition) is 2. The van der Waals surface area contributed by atoms with Gasteiger partial charge in [-0.3, -0.25) is 14.2 Å². The minimum Gasteiger partial charge on any atom is -0.390 e. The third-order valence-electron chi connectivity index (χ3n) is 5.92. The topological polar surface area (TPSA) is 91.1 Å². The van der Waals surface area contributed by atoms with Crippen molar-refractivity contribution in [1.82, 2.24) is 4.57 Å². The van der Waals surface area contributed by atoms with Crippen LogP contribution >= 0.6 is 23.6 Å². The normalized spacial score (nSPS) is 15.7. The van der Waals surface area contributed by atoms with Crippen LogP contribution in [0.2, 0.25) is 0 Å². The van der Waals surface area contributed by atoms with Gasteiger partial charge in [-0.1, -0.05) is 103 Å². The molecule has 1 atom stereocenters. The Labute approximate surface area is 211 Å². The first kappa shape index (κ1) is 22.7. The van der Waals surface area contributed by atoms with Gasteiger partial charge in [-0.15, -0.1) is 11.3 Å². The van der Waals surface area contributed by atoms with Gasteiger partial charge in [0, 0.05) is 22.6 Å². The lowest BCUT2D eigenvalue weighted by Gasteiger charge is -2.28. The Balaban J connectivity index is 1.91. The molecule has 5 nitrogen and oxygen atoms in total. The molecule has 0 aliphatic carbocycles. The van der Waals surface area contributed by atoms with Gasteiger partial charge in [0.15, 0.2) is 5.78 Å². The summed E-state index contributed by atoms with van der Waals surface area (Å²) in [4.78, 5) is 27.6. The lowest BCUT2D eigenvalue weighted by Crippen LogP contribution is -2.42. The van der Waals surface area contributed by atoms with Crippen molar-refractivity contribution >= 4 is 51.8 Å². The van der Waals surface area contributed by atoms with Crippen LogP contribution in [0.25, 0.3) is 17.5 Å². The molecule has 2 heterocycles. The number of fused-ring (bicyclic) bond motifs is 1. The molecule has 0 fully saturated rings. The summed E-state index contributed by atoms with van der Waals surface area (Å²) < 4.78 is 2.32. The molecule has 0 saturated carbocycles. The number of thiazole rings is 1. The van der Waals surface area contributed by atoms with E-state index in [2.05, 4.69) is 0 Å². The number of carbonyl (C=O) groups is 1. The van der Waals surface area contributed by atoms with Crippen molar-refractivity contribution in [3.05, 3.63) is 133 Å². The highest BCUT2D eigenvalue weighted by atomic mass is 32.1. The van der Waals surface area contributed by atoms with Gasteiger partial charge in [0.1, 0.15) is 15.5 Å². The first-order valence-corrected chi connectivity index (χ1v) is 12.2. The Morgan fingerprint density at radius 1 is 0.886 bits per heavy atom. The molecule has 0 saturated heterocycles. The smallest absolute Gasteiger partial charge is 0.274 e. The molecular weight excluding hydrogens is 474 g/mol. The summed E-state index contributed by atoms with van der Waals surface area (Å²) in [6.07, 6.45) is 1.80. The Bertz CT molecular complexity index is 1650. The first-order valence-electron chi connectivity index (χ1n) is 10.9. The molecule has 4 aromatic rings. The predicted octanol–water partition coefficient (Wildman–Crippen LogP) is 2.98. The molecular formula is C28H21N3O2S2. The van der Waals surface area contributed by atoms with Crippen LogP contribution < -0.4 is 26.2 Å². The zero-order chi connectivity index (χ0) is 24.5. The highest BCUT2D eigenvalue weighted by Gasteiger charge is 2.36. The van der Waals surface area contributed by atoms with Crippen molar-refractivity contribution in [1.29, 1.82) is 0 Å². The van der Waals surface area contributed by atoms with Crippen LogP contribution in [0.3, 0.4) is 0 Å². The molecule has 4 N–H and O–H groups in total. The molecule has 0 radical (unpaired) electrons. The van der Waals surface area contributed by atoms with Crippen LogP contribution in [0.15, 0.2) is 101 Å². The maximum Gasteiger partial charge on any atom is 0.274 e. The van der Waals surface area contributed by atoms with Crippen molar-refractivity contribution in [2.45, 2.75) is 5.92 Å². The van der Waals surface area contributed by atoms with Crippen LogP contribution in [0.4, 0.5) is 0 Å². The Kier molecular flexibility index (Phi) is 6.03. The fourth-order valence-corrected chi connectivity index (χ4v) is 5.74. The molecule has 1 aliphatic heterocycles. The van der Waals surface area contributed by atoms with Crippen LogP contribution in [0.5, 0.6) is 0 Å². The number of benzene rings is 3. The monoisotopic (exact) mass is 495 g/mol. The summed E-state index contributed by atoms with van der Waals surface area (Å²) in [5.74, 6) is -0.661. The van der Waals surface area contributed by atoms with Crippen molar-refractivity contribution < 1.29 is 4.79 Å². The number of hydrogen-bond acceptors (Lipinski definition) is 5. The molecule has 0 amide bonds. The average molecular weight is 496 g/mol. The molecule has 3 aromatic carbocycles. The Hall–Kier alpha value is -4.07. The van der Waals surface area contributed by atoms with Crippen molar-refractivity contribution in [2.24, 2.45) is 11.5 Å². The van der Waals surface area contributed by atoms with E-state index >= 15 is 0 Å². The molecule has 172 valence electrons. The van der Waals surface area contributed by atoms with Crippen molar-refractivity contribution in [3.63, 3.8) is 0 Å². The van der Waals surface area contributed by atoms with Crippen molar-refractivity contribution in [3.8, 4) is 0 Å². The summed E-state index contributed by atoms with van der Waals surface area (Å²) in [6.45, 7) is 0. The van der Waals surface area contributed by atoms with Crippen LogP contribution in [-0.4, -0.2) is 15.3 Å². The predicted molar refractivity (Wildman–Crippen MR) is 145 cm³/mol. The third kappa shape index (κ3) is 4.05. The van der Waals surface area contributed by atoms with Crippen LogP contribution in [0.1, 0.15) is 27.4 Å². The lowest BCUT2D eigenvalue weighted by molar-refractivity contribution is 0.105. The summed E-state index contributed by atoms with van der Waals surface area (Å²) in [5, 5.41) is 0. The number of carbonyl (C=O) groups excluding carboxylic acids is 1. The van der Waals surface area contributed by atoms with Gasteiger partial charge in [-0.2, -0.15) is 0 Å². The fraction of sp³-hybridized carbons (Fsp3) is 0.0357. The van der Waals surface area contributed by atoms with E-state index in [-0.39, 0.29) is 22.2 Å². The number of nitrogens with two attached hydrogens (primary N) is 2. The van der Waals surface area contributed by atoms with E-state index in [1.165, 1.54) is 15.9 Å². The van der Waals surface area contributed by atoms with E-state index in [9.17, 15) is 9.59 Å². The Morgan fingerprint density at radius 2 is 1.46 bits per heavy atom. The highest BCUT2D eigenvalue weighted by molar-refractivity contribution is 7.80. The lowest BCUT2D eigenvalue weighted by atomic mass is 9.80. The second-order valence-electron chi connectivity index (χ2n) is 8.08. The van der Waals surface area contributed by atoms with E-state index in [1.54, 1.807) is 18.2 Å². The number of thiocarbonyl (C=S) groups is 1. The van der Waals surface area contributed by atoms with Gasteiger partial charge in [-0.25, -0.2) is 0 Å². The number of ketones is 1. The third-order valence-corrected chi connectivity index (χ3v) is 7.25. The van der Waals surface area contributed by atoms with E-state index in [1.807, 2.05) is 78.9 Å². The highest BCUT2D eigenvalue weighted by Crippen LogP contribution is 2.38. The Morgan fingerprint density at radius 3 is 2.06 bits per heavy atom. The number of Topliss-reactive ketones (excluding diaryl/α,β-unsaturated/α-hetero) is 1. The second kappa shape index (κ2) is 9.29. The molecule has 7 heteroatoms. The SMILES string of the molecule is NC(=S)C1=C(N)n2c(s/c(=C/c3ccccc3)c2=O)=C(C(=O)c2ccccc2)[C@H]1c1ccccc1. The minimum atomic E-state index is -0.607. The first-order chi connectivity index (χ1) is 17.0. The number of nitrogens with zero attached hydrogens (tertiary/aromatic N) is 1. The number of rotatable bonds is 5. The quantitative estimate of drug-likeness (QED) is 0.328. The molecule has 0 bridgehead atoms. The molecule has 0 spiro atoms. The zero-order valence-corrected chi connectivity index (χ0v) is 20.2. The van der Waals surface area contributed by atoms with E-state index in [0.717, 1.165) is 11.1 Å². The second-order valence-corrected chi connectivity index (χ2v) is 9.55. The number of aromatic nitrogens is 1. The minimum absolute atomic E-state index is 0.0482. The van der Waals surface area contributed by atoms with E-state index in [0.29, 0.717) is 25.9 Å². The molecule has 1 aliphatic rings. The van der Waals surface area contributed by atoms with Crippen LogP contribution in [-0.2, 0) is 0 Å². The maximum absolute atomic E-state index is 14.0. The van der Waals surface area contributed by atoms with E-state index in [4.69, 9.17) is 23.7 Å². The maximum atomic E-state index is 14.0. The summed E-state index contributed by atoms with van der Waals surface area (Å²) in [5.41, 5.74) is 15.4. The van der Waals surface area contributed by atoms with Gasteiger partial charge in [0.25, 0.3) is 5.56 Å².